The minimum atomic E-state index is -4.92. The molecule has 1 aliphatic heterocycles. The molecular formula is C22H30F3IN6O4S2. The Labute approximate surface area is 239 Å². The molecule has 0 amide bonds. The molecule has 0 saturated carbocycles. The number of thiocarbonyl (C=S) groups is 1. The molecule has 1 heterocycles. The molecule has 1 aromatic rings. The predicted octanol–water partition coefficient (Wildman–Crippen LogP) is 5.64. The van der Waals surface area contributed by atoms with Crippen LogP contribution in [0.25, 0.3) is 0 Å². The van der Waals surface area contributed by atoms with Gasteiger partial charge in [-0.25, -0.2) is 13.2 Å². The monoisotopic (exact) mass is 690 g/mol. The summed E-state index contributed by atoms with van der Waals surface area (Å²) < 4.78 is 70.1. The van der Waals surface area contributed by atoms with E-state index in [9.17, 15) is 26.4 Å². The van der Waals surface area contributed by atoms with E-state index in [0.29, 0.717) is 13.0 Å². The number of sulfonamides is 1. The van der Waals surface area contributed by atoms with Gasteiger partial charge in [0.1, 0.15) is 0 Å². The Hall–Kier alpha value is -2.08. The summed E-state index contributed by atoms with van der Waals surface area (Å²) in [6, 6.07) is 3.34. The zero-order chi connectivity index (χ0) is 28.7. The van der Waals surface area contributed by atoms with Crippen molar-refractivity contribution < 1.29 is 31.1 Å². The molecule has 0 saturated heterocycles. The molecule has 212 valence electrons. The van der Waals surface area contributed by atoms with E-state index in [4.69, 9.17) is 17.0 Å². The number of halogens is 4. The van der Waals surface area contributed by atoms with Crippen molar-refractivity contribution >= 4 is 76.7 Å². The number of nitrogens with zero attached hydrogens (tertiary/aromatic N) is 4. The Balaban J connectivity index is 2.35. The SMILES string of the molecule is CCCN1c2cc(NS(=O)(=O)CC(F)(F)F)c(NN=C(I)N=NC(=S)C(=O)OCC(C)C)cc2CCC1C. The number of amidine groups is 1. The molecule has 1 atom stereocenters. The average Bonchev–Trinajstić information content (AvgIpc) is 2.79. The fourth-order valence-corrected chi connectivity index (χ4v) is 4.93. The summed E-state index contributed by atoms with van der Waals surface area (Å²) in [5.41, 5.74) is 4.30. The van der Waals surface area contributed by atoms with Gasteiger partial charge in [-0.3, -0.25) is 10.1 Å². The van der Waals surface area contributed by atoms with Crippen molar-refractivity contribution in [2.45, 2.75) is 59.2 Å². The first-order valence-corrected chi connectivity index (χ1v) is 14.9. The standard InChI is InChI=1S/C22H30F3IN6O4S2/c1-5-8-32-14(4)6-7-15-9-16(17(10-18(15)32)31-38(34,35)12-22(23,24)25)27-29-21(26)30-28-19(37)20(33)36-11-13(2)3/h9-10,13-14,27,31H,5-8,11-12H2,1-4H3. The van der Waals surface area contributed by atoms with E-state index in [1.54, 1.807) is 28.7 Å². The molecule has 38 heavy (non-hydrogen) atoms. The van der Waals surface area contributed by atoms with Gasteiger partial charge < -0.3 is 9.64 Å². The largest absolute Gasteiger partial charge is 0.460 e. The number of hydrogen-bond donors (Lipinski definition) is 2. The van der Waals surface area contributed by atoms with Crippen LogP contribution in [0.2, 0.25) is 0 Å². The number of rotatable bonds is 9. The van der Waals surface area contributed by atoms with Gasteiger partial charge in [-0.2, -0.15) is 13.2 Å². The zero-order valence-electron chi connectivity index (χ0n) is 21.3. The van der Waals surface area contributed by atoms with Crippen LogP contribution >= 0.6 is 34.8 Å². The molecular weight excluding hydrogens is 660 g/mol. The minimum absolute atomic E-state index is 0.00957. The summed E-state index contributed by atoms with van der Waals surface area (Å²) in [5.74, 6) is -2.73. The molecule has 0 aromatic heterocycles. The van der Waals surface area contributed by atoms with E-state index in [1.807, 2.05) is 32.4 Å². The first-order valence-electron chi connectivity index (χ1n) is 11.7. The maximum absolute atomic E-state index is 12.9. The van der Waals surface area contributed by atoms with Gasteiger partial charge in [0.15, 0.2) is 5.75 Å². The number of fused-ring (bicyclic) bond motifs is 1. The highest BCUT2D eigenvalue weighted by Gasteiger charge is 2.36. The summed E-state index contributed by atoms with van der Waals surface area (Å²) in [7, 11) is -4.76. The fourth-order valence-electron chi connectivity index (χ4n) is 3.60. The normalized spacial score (nSPS) is 16.5. The van der Waals surface area contributed by atoms with E-state index in [0.717, 1.165) is 24.1 Å². The summed E-state index contributed by atoms with van der Waals surface area (Å²) in [6.07, 6.45) is -2.54. The lowest BCUT2D eigenvalue weighted by Crippen LogP contribution is -2.38. The smallest absolute Gasteiger partial charge is 0.404 e. The molecule has 10 nitrogen and oxygen atoms in total. The fraction of sp³-hybridized carbons (Fsp3) is 0.591. The molecule has 1 aliphatic rings. The first kappa shape index (κ1) is 32.1. The number of aryl methyl sites for hydroxylation is 1. The third-order valence-electron chi connectivity index (χ3n) is 5.19. The number of carbonyl (C=O) groups is 1. The van der Waals surface area contributed by atoms with Gasteiger partial charge in [-0.05, 0) is 62.0 Å². The van der Waals surface area contributed by atoms with E-state index >= 15 is 0 Å². The Bertz CT molecular complexity index is 1190. The van der Waals surface area contributed by atoms with Crippen LogP contribution < -0.4 is 15.0 Å². The number of azo groups is 1. The highest BCUT2D eigenvalue weighted by Crippen LogP contribution is 2.38. The van der Waals surface area contributed by atoms with Crippen LogP contribution in [0.4, 0.5) is 30.2 Å². The van der Waals surface area contributed by atoms with Gasteiger partial charge in [-0.15, -0.1) is 15.3 Å². The summed E-state index contributed by atoms with van der Waals surface area (Å²) in [5, 5.41) is 11.3. The number of ether oxygens (including phenoxy) is 1. The number of alkyl halides is 3. The maximum Gasteiger partial charge on any atom is 0.404 e. The van der Waals surface area contributed by atoms with Crippen molar-refractivity contribution in [3.05, 3.63) is 17.7 Å². The summed E-state index contributed by atoms with van der Waals surface area (Å²) in [6.45, 7) is 8.63. The Kier molecular flexibility index (Phi) is 11.7. The molecule has 1 aromatic carbocycles. The third-order valence-corrected chi connectivity index (χ3v) is 7.13. The van der Waals surface area contributed by atoms with Crippen LogP contribution in [-0.4, -0.2) is 54.3 Å². The quantitative estimate of drug-likeness (QED) is 0.0503. The number of anilines is 3. The van der Waals surface area contributed by atoms with Crippen LogP contribution in [0, 0.1) is 5.92 Å². The van der Waals surface area contributed by atoms with Crippen LogP contribution in [0.3, 0.4) is 0 Å². The van der Waals surface area contributed by atoms with Crippen molar-refractivity contribution in [3.8, 4) is 0 Å². The number of esters is 1. The van der Waals surface area contributed by atoms with Crippen LogP contribution in [0.15, 0.2) is 27.5 Å². The highest BCUT2D eigenvalue weighted by molar-refractivity contribution is 14.1. The van der Waals surface area contributed by atoms with Gasteiger partial charge in [-0.1, -0.05) is 20.8 Å². The lowest BCUT2D eigenvalue weighted by molar-refractivity contribution is -0.136. The molecule has 0 spiro atoms. The molecule has 1 unspecified atom stereocenters. The Morgan fingerprint density at radius 1 is 1.29 bits per heavy atom. The second-order valence-corrected chi connectivity index (χ2v) is 12.1. The number of carbonyl (C=O) groups excluding carboxylic acids is 1. The summed E-state index contributed by atoms with van der Waals surface area (Å²) >= 11 is 6.57. The van der Waals surface area contributed by atoms with Crippen molar-refractivity contribution in [3.63, 3.8) is 0 Å². The molecule has 0 radical (unpaired) electrons. The summed E-state index contributed by atoms with van der Waals surface area (Å²) in [4.78, 5) is 13.5. The second kappa shape index (κ2) is 13.8. The molecule has 16 heteroatoms. The zero-order valence-corrected chi connectivity index (χ0v) is 25.1. The van der Waals surface area contributed by atoms with Crippen LogP contribution in [0.1, 0.15) is 46.1 Å². The van der Waals surface area contributed by atoms with Crippen molar-refractivity contribution in [1.29, 1.82) is 0 Å². The van der Waals surface area contributed by atoms with Crippen molar-refractivity contribution in [2.75, 3.05) is 34.0 Å². The topological polar surface area (TPSA) is 125 Å². The Morgan fingerprint density at radius 2 is 1.97 bits per heavy atom. The number of hydrazone groups is 1. The van der Waals surface area contributed by atoms with E-state index < -0.39 is 32.9 Å². The van der Waals surface area contributed by atoms with Gasteiger partial charge in [0.05, 0.1) is 18.0 Å². The molecule has 0 aliphatic carbocycles. The van der Waals surface area contributed by atoms with E-state index in [2.05, 4.69) is 25.7 Å². The van der Waals surface area contributed by atoms with Crippen molar-refractivity contribution in [1.82, 2.24) is 0 Å². The lowest BCUT2D eigenvalue weighted by Gasteiger charge is -2.37. The van der Waals surface area contributed by atoms with Crippen LogP contribution in [0.5, 0.6) is 0 Å². The predicted molar refractivity (Wildman–Crippen MR) is 154 cm³/mol. The molecule has 2 N–H and O–H groups in total. The van der Waals surface area contributed by atoms with Crippen LogP contribution in [-0.2, 0) is 26.0 Å². The van der Waals surface area contributed by atoms with Gasteiger partial charge in [0.25, 0.3) is 0 Å². The number of hydrogen-bond acceptors (Lipinski definition) is 8. The molecule has 2 rings (SSSR count). The maximum atomic E-state index is 12.9. The van der Waals surface area contributed by atoms with E-state index in [1.165, 1.54) is 6.07 Å². The average molecular weight is 691 g/mol. The highest BCUT2D eigenvalue weighted by atomic mass is 127. The first-order chi connectivity index (χ1) is 17.6. The van der Waals surface area contributed by atoms with Gasteiger partial charge in [0.2, 0.25) is 18.9 Å². The Morgan fingerprint density at radius 3 is 2.58 bits per heavy atom. The van der Waals surface area contributed by atoms with Gasteiger partial charge in [0, 0.05) is 40.9 Å². The lowest BCUT2D eigenvalue weighted by atomic mass is 9.95. The molecule has 0 bridgehead atoms. The minimum Gasteiger partial charge on any atom is -0.460 e. The third kappa shape index (κ3) is 10.2. The van der Waals surface area contributed by atoms with E-state index in [-0.39, 0.29) is 33.8 Å². The van der Waals surface area contributed by atoms with Gasteiger partial charge >= 0.3 is 12.1 Å². The second-order valence-electron chi connectivity index (χ2n) is 9.07. The number of benzene rings is 1. The van der Waals surface area contributed by atoms with Crippen molar-refractivity contribution in [2.24, 2.45) is 21.2 Å². The number of nitrogens with one attached hydrogen (secondary N) is 2. The molecule has 0 fully saturated rings.